The molecule has 1 amide bonds. The third kappa shape index (κ3) is 4.68. The Hall–Kier alpha value is -3.80. The molecule has 1 aliphatic rings. The van der Waals surface area contributed by atoms with E-state index in [0.29, 0.717) is 38.6 Å². The summed E-state index contributed by atoms with van der Waals surface area (Å²) in [4.78, 5) is 20.0. The quantitative estimate of drug-likeness (QED) is 0.286. The minimum absolute atomic E-state index is 0.0115. The van der Waals surface area contributed by atoms with Gasteiger partial charge < -0.3 is 18.9 Å². The Labute approximate surface area is 212 Å². The SMILES string of the molecule is CCOc1ccccc1N1CC(c2nc3ccccc3n2CCOc2ccccc2C(C)C)CC1=O. The van der Waals surface area contributed by atoms with Gasteiger partial charge in [-0.15, -0.1) is 0 Å². The molecule has 6 heteroatoms. The van der Waals surface area contributed by atoms with Crippen molar-refractivity contribution >= 4 is 22.6 Å². The van der Waals surface area contributed by atoms with Crippen LogP contribution in [0.4, 0.5) is 5.69 Å². The maximum Gasteiger partial charge on any atom is 0.227 e. The van der Waals surface area contributed by atoms with Gasteiger partial charge in [-0.3, -0.25) is 4.79 Å². The molecule has 0 spiro atoms. The van der Waals surface area contributed by atoms with Gasteiger partial charge in [0.05, 0.1) is 29.9 Å². The van der Waals surface area contributed by atoms with Crippen molar-refractivity contribution in [2.75, 3.05) is 24.7 Å². The largest absolute Gasteiger partial charge is 0.492 e. The fourth-order valence-electron chi connectivity index (χ4n) is 5.05. The van der Waals surface area contributed by atoms with Crippen molar-refractivity contribution in [2.45, 2.75) is 45.6 Å². The number of rotatable bonds is 9. The highest BCUT2D eigenvalue weighted by Gasteiger charge is 2.36. The lowest BCUT2D eigenvalue weighted by atomic mass is 10.0. The van der Waals surface area contributed by atoms with Crippen LogP contribution in [0.25, 0.3) is 11.0 Å². The molecule has 186 valence electrons. The van der Waals surface area contributed by atoms with Gasteiger partial charge in [-0.05, 0) is 48.7 Å². The summed E-state index contributed by atoms with van der Waals surface area (Å²) in [6.07, 6.45) is 0.417. The third-order valence-electron chi connectivity index (χ3n) is 6.74. The maximum absolute atomic E-state index is 13.2. The molecular weight excluding hydrogens is 450 g/mol. The molecule has 1 fully saturated rings. The van der Waals surface area contributed by atoms with Crippen LogP contribution in [0.15, 0.2) is 72.8 Å². The van der Waals surface area contributed by atoms with Crippen LogP contribution in [0.1, 0.15) is 50.4 Å². The first-order valence-electron chi connectivity index (χ1n) is 12.8. The van der Waals surface area contributed by atoms with E-state index in [0.717, 1.165) is 34.0 Å². The number of amides is 1. The summed E-state index contributed by atoms with van der Waals surface area (Å²) in [6, 6.07) is 24.1. The number of carbonyl (C=O) groups excluding carboxylic acids is 1. The Balaban J connectivity index is 1.41. The molecule has 0 saturated carbocycles. The number of benzene rings is 3. The number of hydrogen-bond donors (Lipinski definition) is 0. The highest BCUT2D eigenvalue weighted by molar-refractivity contribution is 5.97. The first kappa shape index (κ1) is 23.9. The molecule has 0 N–H and O–H groups in total. The van der Waals surface area contributed by atoms with E-state index in [1.807, 2.05) is 66.4 Å². The second-order valence-corrected chi connectivity index (χ2v) is 9.46. The highest BCUT2D eigenvalue weighted by atomic mass is 16.5. The Morgan fingerprint density at radius 3 is 2.47 bits per heavy atom. The molecule has 36 heavy (non-hydrogen) atoms. The maximum atomic E-state index is 13.2. The molecule has 6 nitrogen and oxygen atoms in total. The first-order chi connectivity index (χ1) is 17.6. The number of anilines is 1. The summed E-state index contributed by atoms with van der Waals surface area (Å²) >= 11 is 0. The zero-order valence-corrected chi connectivity index (χ0v) is 21.2. The van der Waals surface area contributed by atoms with Gasteiger partial charge in [0.2, 0.25) is 5.91 Å². The average molecular weight is 484 g/mol. The van der Waals surface area contributed by atoms with E-state index in [-0.39, 0.29) is 11.8 Å². The number of fused-ring (bicyclic) bond motifs is 1. The van der Waals surface area contributed by atoms with E-state index < -0.39 is 0 Å². The predicted molar refractivity (Wildman–Crippen MR) is 143 cm³/mol. The van der Waals surface area contributed by atoms with E-state index in [9.17, 15) is 4.79 Å². The molecule has 0 bridgehead atoms. The molecular formula is C30H33N3O3. The molecule has 1 atom stereocenters. The molecule has 0 aliphatic carbocycles. The van der Waals surface area contributed by atoms with E-state index in [2.05, 4.69) is 36.6 Å². The molecule has 5 rings (SSSR count). The highest BCUT2D eigenvalue weighted by Crippen LogP contribution is 2.37. The van der Waals surface area contributed by atoms with Gasteiger partial charge in [0, 0.05) is 18.9 Å². The Morgan fingerprint density at radius 1 is 0.944 bits per heavy atom. The van der Waals surface area contributed by atoms with Gasteiger partial charge in [-0.25, -0.2) is 4.98 Å². The summed E-state index contributed by atoms with van der Waals surface area (Å²) in [5.74, 6) is 3.06. The summed E-state index contributed by atoms with van der Waals surface area (Å²) in [6.45, 7) is 8.61. The lowest BCUT2D eigenvalue weighted by Crippen LogP contribution is -2.25. The van der Waals surface area contributed by atoms with Crippen LogP contribution in [0, 0.1) is 0 Å². The standard InChI is InChI=1S/C30H33N3O3/c1-4-35-28-16-10-8-14-26(28)33-20-22(19-29(33)34)30-31-24-12-6-7-13-25(24)32(30)17-18-36-27-15-9-5-11-23(27)21(2)3/h5-16,21-22H,4,17-20H2,1-3H3. The van der Waals surface area contributed by atoms with E-state index in [4.69, 9.17) is 14.5 Å². The zero-order valence-electron chi connectivity index (χ0n) is 21.2. The Kier molecular flexibility index (Phi) is 6.94. The van der Waals surface area contributed by atoms with Gasteiger partial charge >= 0.3 is 0 Å². The monoisotopic (exact) mass is 483 g/mol. The van der Waals surface area contributed by atoms with Crippen molar-refractivity contribution in [3.8, 4) is 11.5 Å². The normalized spacial score (nSPS) is 15.7. The predicted octanol–water partition coefficient (Wildman–Crippen LogP) is 6.16. The van der Waals surface area contributed by atoms with Crippen molar-refractivity contribution < 1.29 is 14.3 Å². The fraction of sp³-hybridized carbons (Fsp3) is 0.333. The summed E-state index contributed by atoms with van der Waals surface area (Å²) < 4.78 is 14.3. The van der Waals surface area contributed by atoms with Gasteiger partial charge in [-0.2, -0.15) is 0 Å². The second-order valence-electron chi connectivity index (χ2n) is 9.46. The van der Waals surface area contributed by atoms with Crippen LogP contribution in [-0.4, -0.2) is 35.2 Å². The van der Waals surface area contributed by atoms with Gasteiger partial charge in [0.25, 0.3) is 0 Å². The number of imidazole rings is 1. The molecule has 1 unspecified atom stereocenters. The number of aromatic nitrogens is 2. The number of carbonyl (C=O) groups is 1. The number of para-hydroxylation sites is 5. The topological polar surface area (TPSA) is 56.6 Å². The molecule has 1 saturated heterocycles. The zero-order chi connectivity index (χ0) is 25.1. The first-order valence-corrected chi connectivity index (χ1v) is 12.8. The Bertz CT molecular complexity index is 1360. The third-order valence-corrected chi connectivity index (χ3v) is 6.74. The van der Waals surface area contributed by atoms with Gasteiger partial charge in [0.15, 0.2) is 0 Å². The molecule has 0 radical (unpaired) electrons. The van der Waals surface area contributed by atoms with Crippen LogP contribution in [-0.2, 0) is 11.3 Å². The average Bonchev–Trinajstić information content (AvgIpc) is 3.45. The lowest BCUT2D eigenvalue weighted by molar-refractivity contribution is -0.117. The summed E-state index contributed by atoms with van der Waals surface area (Å²) in [7, 11) is 0. The van der Waals surface area contributed by atoms with E-state index in [1.165, 1.54) is 5.56 Å². The van der Waals surface area contributed by atoms with Crippen molar-refractivity contribution in [1.29, 1.82) is 0 Å². The van der Waals surface area contributed by atoms with Crippen molar-refractivity contribution in [3.05, 3.63) is 84.2 Å². The van der Waals surface area contributed by atoms with Crippen LogP contribution < -0.4 is 14.4 Å². The molecule has 1 aromatic heterocycles. The molecule has 3 aromatic carbocycles. The number of ether oxygens (including phenoxy) is 2. The van der Waals surface area contributed by atoms with Gasteiger partial charge in [-0.1, -0.05) is 56.3 Å². The minimum atomic E-state index is -0.0115. The van der Waals surface area contributed by atoms with Crippen LogP contribution >= 0.6 is 0 Å². The minimum Gasteiger partial charge on any atom is -0.492 e. The van der Waals surface area contributed by atoms with Crippen molar-refractivity contribution in [2.24, 2.45) is 0 Å². The summed E-state index contributed by atoms with van der Waals surface area (Å²) in [5.41, 5.74) is 4.03. The van der Waals surface area contributed by atoms with Crippen molar-refractivity contribution in [1.82, 2.24) is 9.55 Å². The Morgan fingerprint density at radius 2 is 1.67 bits per heavy atom. The smallest absolute Gasteiger partial charge is 0.227 e. The van der Waals surface area contributed by atoms with Crippen LogP contribution in [0.5, 0.6) is 11.5 Å². The van der Waals surface area contributed by atoms with E-state index in [1.54, 1.807) is 0 Å². The van der Waals surface area contributed by atoms with Crippen LogP contribution in [0.2, 0.25) is 0 Å². The lowest BCUT2D eigenvalue weighted by Gasteiger charge is -2.20. The number of hydrogen-bond acceptors (Lipinski definition) is 4. The molecule has 2 heterocycles. The van der Waals surface area contributed by atoms with Crippen LogP contribution in [0.3, 0.4) is 0 Å². The van der Waals surface area contributed by atoms with Gasteiger partial charge in [0.1, 0.15) is 23.9 Å². The fourth-order valence-corrected chi connectivity index (χ4v) is 5.05. The molecule has 4 aromatic rings. The van der Waals surface area contributed by atoms with Crippen molar-refractivity contribution in [3.63, 3.8) is 0 Å². The summed E-state index contributed by atoms with van der Waals surface area (Å²) in [5, 5.41) is 0. The molecule has 1 aliphatic heterocycles. The van der Waals surface area contributed by atoms with E-state index >= 15 is 0 Å². The second kappa shape index (κ2) is 10.4. The number of nitrogens with zero attached hydrogens (tertiary/aromatic N) is 3.